The normalized spacial score (nSPS) is 20.2. The molecule has 5 aromatic carbocycles. The molecule has 0 aliphatic carbocycles. The van der Waals surface area contributed by atoms with Crippen LogP contribution >= 0.6 is 0 Å². The van der Waals surface area contributed by atoms with Crippen molar-refractivity contribution in [3.8, 4) is 0 Å². The molecule has 0 aromatic heterocycles. The van der Waals surface area contributed by atoms with Gasteiger partial charge in [-0.2, -0.15) is 0 Å². The van der Waals surface area contributed by atoms with E-state index in [1.54, 1.807) is 60.7 Å². The molecule has 0 saturated carbocycles. The zero-order valence-electron chi connectivity index (χ0n) is 27.2. The second-order valence-corrected chi connectivity index (χ2v) is 11.5. The minimum absolute atomic E-state index is 0.152. The van der Waals surface area contributed by atoms with E-state index in [1.807, 2.05) is 91.0 Å². The first-order valence-corrected chi connectivity index (χ1v) is 16.1. The first-order valence-electron chi connectivity index (χ1n) is 16.1. The maximum absolute atomic E-state index is 13.5. The number of nitrogens with zero attached hydrogens (tertiary/aromatic N) is 3. The van der Waals surface area contributed by atoms with E-state index in [1.165, 1.54) is 7.11 Å². The van der Waals surface area contributed by atoms with Crippen LogP contribution in [-0.2, 0) is 29.3 Å². The van der Waals surface area contributed by atoms with Gasteiger partial charge in [0.15, 0.2) is 18.5 Å². The number of benzene rings is 5. The first-order chi connectivity index (χ1) is 24.5. The number of rotatable bonds is 12. The van der Waals surface area contributed by atoms with Crippen molar-refractivity contribution < 1.29 is 33.3 Å². The Labute approximate surface area is 289 Å². The minimum atomic E-state index is -1.32. The lowest BCUT2D eigenvalue weighted by Crippen LogP contribution is -2.61. The van der Waals surface area contributed by atoms with Crippen LogP contribution in [0.5, 0.6) is 0 Å². The maximum Gasteiger partial charge on any atom is 0.338 e. The van der Waals surface area contributed by atoms with Gasteiger partial charge in [-0.3, -0.25) is 0 Å². The number of hydrogen-bond donors (Lipinski definition) is 0. The Balaban J connectivity index is 1.41. The number of esters is 2. The van der Waals surface area contributed by atoms with Gasteiger partial charge >= 0.3 is 11.9 Å². The van der Waals surface area contributed by atoms with Crippen LogP contribution in [0.15, 0.2) is 157 Å². The number of methoxy groups -OCH3 is 1. The van der Waals surface area contributed by atoms with E-state index < -0.39 is 48.2 Å². The van der Waals surface area contributed by atoms with Gasteiger partial charge in [0.05, 0.1) is 23.8 Å². The Morgan fingerprint density at radius 3 is 1.46 bits per heavy atom. The summed E-state index contributed by atoms with van der Waals surface area (Å²) >= 11 is 0. The molecule has 1 aliphatic heterocycles. The Bertz CT molecular complexity index is 1790. The van der Waals surface area contributed by atoms with E-state index in [0.29, 0.717) is 0 Å². The van der Waals surface area contributed by atoms with Crippen molar-refractivity contribution in [1.82, 2.24) is 0 Å². The van der Waals surface area contributed by atoms with Crippen LogP contribution in [0, 0.1) is 0 Å². The van der Waals surface area contributed by atoms with Crippen LogP contribution in [0.2, 0.25) is 0 Å². The molecule has 1 aliphatic rings. The monoisotopic (exact) mass is 669 g/mol. The van der Waals surface area contributed by atoms with Crippen molar-refractivity contribution in [2.24, 2.45) is 5.11 Å². The Morgan fingerprint density at radius 2 is 1.06 bits per heavy atom. The van der Waals surface area contributed by atoms with Gasteiger partial charge in [-0.1, -0.05) is 133 Å². The van der Waals surface area contributed by atoms with Crippen molar-refractivity contribution >= 4 is 11.9 Å². The van der Waals surface area contributed by atoms with Crippen molar-refractivity contribution in [3.63, 3.8) is 0 Å². The molecule has 5 aromatic rings. The van der Waals surface area contributed by atoms with Gasteiger partial charge in [0.2, 0.25) is 0 Å². The van der Waals surface area contributed by atoms with Gasteiger partial charge in [0.1, 0.15) is 11.6 Å². The standard InChI is InChI=1S/C40H35N3O7/c1-46-39-36(50-38(45)29-19-9-3-10-20-29)35(49-37(44)28-17-7-2-8-18-28)34(42-43-41)33(48-39)27-47-40(30-21-11-4-12-22-30,31-23-13-5-14-24-31)32-25-15-6-16-26-32/h2-26,33-36,39H,27H2,1H3/t33-,34-,35-,36-,39+/m1/s1. The molecule has 0 unspecified atom stereocenters. The lowest BCUT2D eigenvalue weighted by molar-refractivity contribution is -0.272. The molecule has 0 radical (unpaired) electrons. The highest BCUT2D eigenvalue weighted by Gasteiger charge is 2.51. The number of hydrogen-bond acceptors (Lipinski definition) is 8. The molecule has 6 rings (SSSR count). The maximum atomic E-state index is 13.5. The smallest absolute Gasteiger partial charge is 0.338 e. The van der Waals surface area contributed by atoms with Crippen LogP contribution in [0.25, 0.3) is 10.4 Å². The van der Waals surface area contributed by atoms with E-state index in [9.17, 15) is 15.1 Å². The molecule has 0 bridgehead atoms. The molecule has 5 atom stereocenters. The topological polar surface area (TPSA) is 129 Å². The summed E-state index contributed by atoms with van der Waals surface area (Å²) in [4.78, 5) is 30.0. The minimum Gasteiger partial charge on any atom is -0.454 e. The number of azide groups is 1. The van der Waals surface area contributed by atoms with Crippen molar-refractivity contribution in [3.05, 3.63) is 190 Å². The van der Waals surface area contributed by atoms with Gasteiger partial charge in [-0.25, -0.2) is 9.59 Å². The second-order valence-electron chi connectivity index (χ2n) is 11.5. The van der Waals surface area contributed by atoms with Crippen LogP contribution in [-0.4, -0.2) is 56.3 Å². The van der Waals surface area contributed by atoms with E-state index >= 15 is 0 Å². The largest absolute Gasteiger partial charge is 0.454 e. The highest BCUT2D eigenvalue weighted by Crippen LogP contribution is 2.41. The summed E-state index contributed by atoms with van der Waals surface area (Å²) in [5.41, 5.74) is 11.7. The summed E-state index contributed by atoms with van der Waals surface area (Å²) in [6.45, 7) is -0.152. The molecular weight excluding hydrogens is 634 g/mol. The summed E-state index contributed by atoms with van der Waals surface area (Å²) in [5, 5.41) is 4.06. The van der Waals surface area contributed by atoms with Crippen LogP contribution in [0.1, 0.15) is 37.4 Å². The summed E-state index contributed by atoms with van der Waals surface area (Å²) < 4.78 is 31.1. The lowest BCUT2D eigenvalue weighted by atomic mass is 9.80. The van der Waals surface area contributed by atoms with E-state index in [0.717, 1.165) is 16.7 Å². The van der Waals surface area contributed by atoms with Crippen molar-refractivity contribution in [1.29, 1.82) is 0 Å². The molecule has 0 amide bonds. The van der Waals surface area contributed by atoms with Gasteiger partial charge in [-0.15, -0.1) is 0 Å². The van der Waals surface area contributed by atoms with Gasteiger partial charge in [0.25, 0.3) is 0 Å². The van der Waals surface area contributed by atoms with Crippen LogP contribution in [0.3, 0.4) is 0 Å². The fourth-order valence-electron chi connectivity index (χ4n) is 6.19. The molecule has 10 nitrogen and oxygen atoms in total. The van der Waals surface area contributed by atoms with E-state index in [2.05, 4.69) is 10.0 Å². The second kappa shape index (κ2) is 16.1. The summed E-state index contributed by atoms with van der Waals surface area (Å²) in [5.74, 6) is -1.41. The van der Waals surface area contributed by atoms with E-state index in [-0.39, 0.29) is 17.7 Å². The Kier molecular flexibility index (Phi) is 11.0. The predicted octanol–water partition coefficient (Wildman–Crippen LogP) is 7.50. The molecule has 0 spiro atoms. The zero-order chi connectivity index (χ0) is 34.8. The quantitative estimate of drug-likeness (QED) is 0.0442. The predicted molar refractivity (Wildman–Crippen MR) is 185 cm³/mol. The molecule has 50 heavy (non-hydrogen) atoms. The molecule has 252 valence electrons. The van der Waals surface area contributed by atoms with Crippen molar-refractivity contribution in [2.45, 2.75) is 36.2 Å². The third-order valence-electron chi connectivity index (χ3n) is 8.55. The molecular formula is C40H35N3O7. The number of ether oxygens (including phenoxy) is 5. The van der Waals surface area contributed by atoms with E-state index in [4.69, 9.17) is 23.7 Å². The fraction of sp³-hybridized carbons (Fsp3) is 0.200. The summed E-state index contributed by atoms with van der Waals surface area (Å²) in [6.07, 6.45) is -4.88. The summed E-state index contributed by atoms with van der Waals surface area (Å²) in [6, 6.07) is 44.8. The Morgan fingerprint density at radius 1 is 0.660 bits per heavy atom. The molecule has 0 N–H and O–H groups in total. The van der Waals surface area contributed by atoms with Gasteiger partial charge in [-0.05, 0) is 46.5 Å². The van der Waals surface area contributed by atoms with Crippen molar-refractivity contribution in [2.75, 3.05) is 13.7 Å². The molecule has 1 saturated heterocycles. The highest BCUT2D eigenvalue weighted by atomic mass is 16.7. The van der Waals surface area contributed by atoms with Gasteiger partial charge < -0.3 is 23.7 Å². The molecule has 1 fully saturated rings. The molecule has 1 heterocycles. The number of carbonyl (C=O) groups is 2. The Hall–Kier alpha value is -5.77. The first kappa shape index (κ1) is 34.1. The third-order valence-corrected chi connectivity index (χ3v) is 8.55. The highest BCUT2D eigenvalue weighted by molar-refractivity contribution is 5.90. The SMILES string of the molecule is CO[C@H]1O[C@H](COC(c2ccccc2)(c2ccccc2)c2ccccc2)[C@@H](N=[N+]=[N-])[C@@H](OC(=O)c2ccccc2)[C@H]1OC(=O)c1ccccc1. The van der Waals surface area contributed by atoms with Crippen LogP contribution in [0.4, 0.5) is 0 Å². The average Bonchev–Trinajstić information content (AvgIpc) is 3.18. The molecule has 10 heteroatoms. The fourth-order valence-corrected chi connectivity index (χ4v) is 6.19. The lowest BCUT2D eigenvalue weighted by Gasteiger charge is -2.44. The van der Waals surface area contributed by atoms with Gasteiger partial charge in [0, 0.05) is 12.0 Å². The third kappa shape index (κ3) is 7.29. The number of carbonyl (C=O) groups excluding carboxylic acids is 2. The van der Waals surface area contributed by atoms with Crippen LogP contribution < -0.4 is 0 Å². The summed E-state index contributed by atoms with van der Waals surface area (Å²) in [7, 11) is 1.39. The average molecular weight is 670 g/mol. The zero-order valence-corrected chi connectivity index (χ0v) is 27.2.